The first-order chi connectivity index (χ1) is 9.24. The third-order valence-corrected chi connectivity index (χ3v) is 2.61. The summed E-state index contributed by atoms with van der Waals surface area (Å²) in [6.45, 7) is 0.365. The van der Waals surface area contributed by atoms with E-state index in [-0.39, 0.29) is 0 Å². The van der Waals surface area contributed by atoms with Crippen LogP contribution in [0, 0.1) is 0 Å². The Labute approximate surface area is 111 Å². The van der Waals surface area contributed by atoms with Crippen LogP contribution in [0.2, 0.25) is 0 Å². The van der Waals surface area contributed by atoms with Crippen molar-refractivity contribution >= 4 is 5.82 Å². The molecule has 5 heteroatoms. The molecule has 2 aromatic rings. The van der Waals surface area contributed by atoms with Gasteiger partial charge < -0.3 is 19.9 Å². The molecule has 1 aromatic carbocycles. The highest BCUT2D eigenvalue weighted by Gasteiger charge is 2.11. The fourth-order valence-electron chi connectivity index (χ4n) is 1.70. The van der Waals surface area contributed by atoms with Gasteiger partial charge in [-0.2, -0.15) is 0 Å². The van der Waals surface area contributed by atoms with Crippen LogP contribution in [0.5, 0.6) is 17.2 Å². The summed E-state index contributed by atoms with van der Waals surface area (Å²) in [6.07, 6.45) is 1.65. The van der Waals surface area contributed by atoms with Gasteiger partial charge in [0.25, 0.3) is 0 Å². The number of rotatable bonds is 5. The van der Waals surface area contributed by atoms with Crippen molar-refractivity contribution in [2.75, 3.05) is 20.0 Å². The molecule has 0 spiro atoms. The van der Waals surface area contributed by atoms with E-state index >= 15 is 0 Å². The zero-order chi connectivity index (χ0) is 13.7. The van der Waals surface area contributed by atoms with Crippen LogP contribution in [0.4, 0.5) is 5.82 Å². The zero-order valence-corrected chi connectivity index (χ0v) is 10.9. The van der Waals surface area contributed by atoms with E-state index in [1.54, 1.807) is 26.5 Å². The predicted octanol–water partition coefficient (Wildman–Crippen LogP) is 2.26. The Hall–Kier alpha value is -2.43. The number of hydrogen-bond acceptors (Lipinski definition) is 5. The number of benzene rings is 1. The lowest BCUT2D eigenvalue weighted by Gasteiger charge is -2.14. The molecule has 0 aliphatic carbocycles. The number of nitrogen functional groups attached to an aromatic ring is 1. The summed E-state index contributed by atoms with van der Waals surface area (Å²) in [5.74, 6) is 2.29. The van der Waals surface area contributed by atoms with Crippen molar-refractivity contribution in [3.05, 3.63) is 42.1 Å². The van der Waals surface area contributed by atoms with Crippen LogP contribution in [-0.2, 0) is 6.61 Å². The quantitative estimate of drug-likeness (QED) is 0.893. The van der Waals surface area contributed by atoms with E-state index in [0.29, 0.717) is 29.7 Å². The van der Waals surface area contributed by atoms with Gasteiger partial charge in [-0.05, 0) is 29.8 Å². The van der Waals surface area contributed by atoms with Crippen LogP contribution in [0.3, 0.4) is 0 Å². The lowest BCUT2D eigenvalue weighted by molar-refractivity contribution is 0.266. The standard InChI is InChI=1S/C14H16N2O3/c1-17-11-4-3-5-12(18-2)14(11)19-9-10-6-7-16-13(15)8-10/h3-8H,9H2,1-2H3,(H2,15,16). The second-order valence-electron chi connectivity index (χ2n) is 3.87. The maximum atomic E-state index is 5.76. The van der Waals surface area contributed by atoms with E-state index in [0.717, 1.165) is 5.56 Å². The fourth-order valence-corrected chi connectivity index (χ4v) is 1.70. The molecule has 1 aromatic heterocycles. The molecular formula is C14H16N2O3. The molecular weight excluding hydrogens is 244 g/mol. The highest BCUT2D eigenvalue weighted by Crippen LogP contribution is 2.37. The summed E-state index contributed by atoms with van der Waals surface area (Å²) in [7, 11) is 3.18. The average Bonchev–Trinajstić information content (AvgIpc) is 2.44. The van der Waals surface area contributed by atoms with E-state index in [4.69, 9.17) is 19.9 Å². The summed E-state index contributed by atoms with van der Waals surface area (Å²) in [5, 5.41) is 0. The highest BCUT2D eigenvalue weighted by molar-refractivity contribution is 5.51. The first-order valence-corrected chi connectivity index (χ1v) is 5.78. The second kappa shape index (κ2) is 5.95. The summed E-state index contributed by atoms with van der Waals surface area (Å²) >= 11 is 0. The van der Waals surface area contributed by atoms with E-state index in [1.165, 1.54) is 0 Å². The van der Waals surface area contributed by atoms with Crippen molar-refractivity contribution in [1.82, 2.24) is 4.98 Å². The molecule has 100 valence electrons. The molecule has 0 bridgehead atoms. The van der Waals surface area contributed by atoms with E-state index in [9.17, 15) is 0 Å². The van der Waals surface area contributed by atoms with Gasteiger partial charge in [0.15, 0.2) is 11.5 Å². The SMILES string of the molecule is COc1cccc(OC)c1OCc1ccnc(N)c1. The summed E-state index contributed by atoms with van der Waals surface area (Å²) in [6, 6.07) is 9.09. The molecule has 0 unspecified atom stereocenters. The third kappa shape index (κ3) is 3.07. The fraction of sp³-hybridized carbons (Fsp3) is 0.214. The molecule has 0 saturated heterocycles. The summed E-state index contributed by atoms with van der Waals surface area (Å²) in [5.41, 5.74) is 6.55. The van der Waals surface area contributed by atoms with Gasteiger partial charge in [-0.15, -0.1) is 0 Å². The summed E-state index contributed by atoms with van der Waals surface area (Å²) in [4.78, 5) is 3.94. The lowest BCUT2D eigenvalue weighted by Crippen LogP contribution is -2.01. The minimum atomic E-state index is 0.365. The Kier molecular flexibility index (Phi) is 4.07. The van der Waals surface area contributed by atoms with Gasteiger partial charge in [-0.25, -0.2) is 4.98 Å². The predicted molar refractivity (Wildman–Crippen MR) is 72.5 cm³/mol. The number of nitrogens with zero attached hydrogens (tertiary/aromatic N) is 1. The van der Waals surface area contributed by atoms with Crippen molar-refractivity contribution in [3.8, 4) is 17.2 Å². The Bertz CT molecular complexity index is 536. The molecule has 1 heterocycles. The number of aromatic nitrogens is 1. The van der Waals surface area contributed by atoms with Crippen LogP contribution >= 0.6 is 0 Å². The third-order valence-electron chi connectivity index (χ3n) is 2.61. The number of pyridine rings is 1. The number of para-hydroxylation sites is 1. The number of hydrogen-bond donors (Lipinski definition) is 1. The molecule has 0 fully saturated rings. The minimum Gasteiger partial charge on any atom is -0.493 e. The van der Waals surface area contributed by atoms with E-state index < -0.39 is 0 Å². The van der Waals surface area contributed by atoms with Crippen LogP contribution in [0.15, 0.2) is 36.5 Å². The van der Waals surface area contributed by atoms with Crippen LogP contribution in [0.1, 0.15) is 5.56 Å². The number of nitrogens with two attached hydrogens (primary N) is 1. The molecule has 5 nitrogen and oxygen atoms in total. The Morgan fingerprint density at radius 1 is 1.11 bits per heavy atom. The van der Waals surface area contributed by atoms with Gasteiger partial charge in [-0.1, -0.05) is 6.07 Å². The molecule has 0 aliphatic rings. The van der Waals surface area contributed by atoms with Crippen LogP contribution in [0.25, 0.3) is 0 Å². The minimum absolute atomic E-state index is 0.365. The van der Waals surface area contributed by atoms with Crippen molar-refractivity contribution in [2.24, 2.45) is 0 Å². The molecule has 0 aliphatic heterocycles. The molecule has 2 rings (SSSR count). The Balaban J connectivity index is 2.19. The van der Waals surface area contributed by atoms with Gasteiger partial charge >= 0.3 is 0 Å². The number of ether oxygens (including phenoxy) is 3. The smallest absolute Gasteiger partial charge is 0.203 e. The monoisotopic (exact) mass is 260 g/mol. The molecule has 19 heavy (non-hydrogen) atoms. The first-order valence-electron chi connectivity index (χ1n) is 5.78. The van der Waals surface area contributed by atoms with Crippen molar-refractivity contribution < 1.29 is 14.2 Å². The lowest BCUT2D eigenvalue weighted by atomic mass is 10.2. The van der Waals surface area contributed by atoms with Crippen LogP contribution < -0.4 is 19.9 Å². The maximum absolute atomic E-state index is 5.76. The highest BCUT2D eigenvalue weighted by atomic mass is 16.5. The second-order valence-corrected chi connectivity index (χ2v) is 3.87. The zero-order valence-electron chi connectivity index (χ0n) is 10.9. The number of anilines is 1. The molecule has 2 N–H and O–H groups in total. The molecule has 0 amide bonds. The van der Waals surface area contributed by atoms with Gasteiger partial charge in [0.2, 0.25) is 5.75 Å². The van der Waals surface area contributed by atoms with Gasteiger partial charge in [-0.3, -0.25) is 0 Å². The topological polar surface area (TPSA) is 66.6 Å². The molecule has 0 atom stereocenters. The molecule has 0 radical (unpaired) electrons. The van der Waals surface area contributed by atoms with Crippen molar-refractivity contribution in [1.29, 1.82) is 0 Å². The van der Waals surface area contributed by atoms with Crippen molar-refractivity contribution in [2.45, 2.75) is 6.61 Å². The van der Waals surface area contributed by atoms with Gasteiger partial charge in [0, 0.05) is 6.20 Å². The van der Waals surface area contributed by atoms with Gasteiger partial charge in [0.1, 0.15) is 12.4 Å². The average molecular weight is 260 g/mol. The maximum Gasteiger partial charge on any atom is 0.203 e. The largest absolute Gasteiger partial charge is 0.493 e. The Morgan fingerprint density at radius 3 is 2.37 bits per heavy atom. The number of methoxy groups -OCH3 is 2. The van der Waals surface area contributed by atoms with E-state index in [1.807, 2.05) is 24.3 Å². The molecule has 0 saturated carbocycles. The normalized spacial score (nSPS) is 10.0. The van der Waals surface area contributed by atoms with Gasteiger partial charge in [0.05, 0.1) is 14.2 Å². The first kappa shape index (κ1) is 13.0. The van der Waals surface area contributed by atoms with Crippen molar-refractivity contribution in [3.63, 3.8) is 0 Å². The van der Waals surface area contributed by atoms with E-state index in [2.05, 4.69) is 4.98 Å². The van der Waals surface area contributed by atoms with Crippen LogP contribution in [-0.4, -0.2) is 19.2 Å². The summed E-state index contributed by atoms with van der Waals surface area (Å²) < 4.78 is 16.3. The Morgan fingerprint density at radius 2 is 1.79 bits per heavy atom.